The maximum atomic E-state index is 11.7. The predicted octanol–water partition coefficient (Wildman–Crippen LogP) is 2.66. The molecule has 9 nitrogen and oxygen atoms in total. The molecule has 0 radical (unpaired) electrons. The Hall–Kier alpha value is -3.40. The number of thioether (sulfide) groups is 1. The minimum absolute atomic E-state index is 0.301. The summed E-state index contributed by atoms with van der Waals surface area (Å²) in [6, 6.07) is 10.2. The summed E-state index contributed by atoms with van der Waals surface area (Å²) in [6.07, 6.45) is 4.13. The van der Waals surface area contributed by atoms with Gasteiger partial charge in [0.15, 0.2) is 11.4 Å². The van der Waals surface area contributed by atoms with Crippen molar-refractivity contribution in [3.63, 3.8) is 0 Å². The molecule has 2 aliphatic heterocycles. The molecule has 0 atom stereocenters. The molecular weight excluding hydrogens is 404 g/mol. The molecule has 0 saturated carbocycles. The van der Waals surface area contributed by atoms with E-state index in [1.165, 1.54) is 6.08 Å². The highest BCUT2D eigenvalue weighted by molar-refractivity contribution is 8.18. The van der Waals surface area contributed by atoms with Crippen molar-refractivity contribution in [2.45, 2.75) is 6.42 Å². The Labute approximate surface area is 176 Å². The van der Waals surface area contributed by atoms with E-state index in [0.29, 0.717) is 16.7 Å². The van der Waals surface area contributed by atoms with Gasteiger partial charge >= 0.3 is 0 Å². The molecule has 2 fully saturated rings. The fourth-order valence-electron chi connectivity index (χ4n) is 3.48. The van der Waals surface area contributed by atoms with Gasteiger partial charge in [-0.3, -0.25) is 14.9 Å². The van der Waals surface area contributed by atoms with Crippen molar-refractivity contribution < 1.29 is 14.0 Å². The lowest BCUT2D eigenvalue weighted by atomic mass is 10.3. The average molecular weight is 422 g/mol. The fourth-order valence-corrected chi connectivity index (χ4v) is 4.13. The van der Waals surface area contributed by atoms with Crippen LogP contribution in [0, 0.1) is 0 Å². The van der Waals surface area contributed by atoms with Crippen LogP contribution in [-0.2, 0) is 4.79 Å². The summed E-state index contributed by atoms with van der Waals surface area (Å²) in [5, 5.41) is 1.85. The van der Waals surface area contributed by atoms with E-state index in [4.69, 9.17) is 4.42 Å². The number of carbonyl (C=O) groups is 2. The van der Waals surface area contributed by atoms with E-state index in [-0.39, 0.29) is 5.24 Å². The highest BCUT2D eigenvalue weighted by Gasteiger charge is 2.25. The van der Waals surface area contributed by atoms with Crippen LogP contribution in [-0.4, -0.2) is 52.3 Å². The van der Waals surface area contributed by atoms with Crippen LogP contribution >= 0.6 is 11.8 Å². The summed E-state index contributed by atoms with van der Waals surface area (Å²) < 4.78 is 5.91. The number of hydrogen-bond donors (Lipinski definition) is 1. The summed E-state index contributed by atoms with van der Waals surface area (Å²) >= 11 is 0.857. The van der Waals surface area contributed by atoms with Crippen molar-refractivity contribution in [1.82, 2.24) is 20.3 Å². The standard InChI is InChI=1S/C20H18N6O3S/c27-18-15(30-20(28)24-18)12-16-21-7-6-17(23-16)25-8-3-9-26(11-10-25)19-22-13-4-1-2-5-14(13)29-19/h1-2,4-7,12H,3,8-11H2,(H,24,27,28)/b15-12-. The molecule has 0 aliphatic carbocycles. The largest absolute Gasteiger partial charge is 0.423 e. The number of anilines is 2. The molecule has 4 heterocycles. The van der Waals surface area contributed by atoms with Crippen LogP contribution in [0.25, 0.3) is 17.2 Å². The number of fused-ring (bicyclic) bond motifs is 1. The lowest BCUT2D eigenvalue weighted by molar-refractivity contribution is -0.115. The predicted molar refractivity (Wildman–Crippen MR) is 114 cm³/mol. The maximum absolute atomic E-state index is 11.7. The summed E-state index contributed by atoms with van der Waals surface area (Å²) in [6.45, 7) is 3.17. The van der Waals surface area contributed by atoms with Gasteiger partial charge in [-0.25, -0.2) is 9.97 Å². The van der Waals surface area contributed by atoms with Crippen molar-refractivity contribution in [2.75, 3.05) is 36.0 Å². The third-order valence-corrected chi connectivity index (χ3v) is 5.75. The Morgan fingerprint density at radius 3 is 2.70 bits per heavy atom. The molecule has 2 aliphatic rings. The Morgan fingerprint density at radius 1 is 1.03 bits per heavy atom. The smallest absolute Gasteiger partial charge is 0.298 e. The molecule has 2 saturated heterocycles. The Balaban J connectivity index is 1.32. The molecule has 30 heavy (non-hydrogen) atoms. The monoisotopic (exact) mass is 422 g/mol. The van der Waals surface area contributed by atoms with Crippen LogP contribution in [0.15, 0.2) is 45.9 Å². The van der Waals surface area contributed by atoms with Crippen molar-refractivity contribution in [3.8, 4) is 0 Å². The number of hydrogen-bond acceptors (Lipinski definition) is 9. The van der Waals surface area contributed by atoms with E-state index in [1.54, 1.807) is 6.20 Å². The highest BCUT2D eigenvalue weighted by Crippen LogP contribution is 2.26. The molecule has 152 valence electrons. The third-order valence-electron chi connectivity index (χ3n) is 4.93. The van der Waals surface area contributed by atoms with Gasteiger partial charge in [0.25, 0.3) is 17.2 Å². The number of oxazole rings is 1. The number of nitrogens with zero attached hydrogens (tertiary/aromatic N) is 5. The molecule has 3 aromatic rings. The lowest BCUT2D eigenvalue weighted by Gasteiger charge is -2.22. The van der Waals surface area contributed by atoms with E-state index < -0.39 is 5.91 Å². The zero-order valence-corrected chi connectivity index (χ0v) is 16.8. The molecule has 0 unspecified atom stereocenters. The van der Waals surface area contributed by atoms with Crippen LogP contribution in [0.2, 0.25) is 0 Å². The third kappa shape index (κ3) is 3.73. The molecule has 1 N–H and O–H groups in total. The summed E-state index contributed by atoms with van der Waals surface area (Å²) in [7, 11) is 0. The minimum atomic E-state index is -0.414. The first-order chi connectivity index (χ1) is 14.7. The van der Waals surface area contributed by atoms with Gasteiger partial charge in [0.2, 0.25) is 0 Å². The maximum Gasteiger partial charge on any atom is 0.298 e. The quantitative estimate of drug-likeness (QED) is 0.638. The van der Waals surface area contributed by atoms with E-state index in [9.17, 15) is 9.59 Å². The van der Waals surface area contributed by atoms with Crippen molar-refractivity contribution >= 4 is 51.9 Å². The number of aromatic nitrogens is 3. The van der Waals surface area contributed by atoms with Crippen LogP contribution in [0.3, 0.4) is 0 Å². The van der Waals surface area contributed by atoms with Gasteiger partial charge in [-0.1, -0.05) is 12.1 Å². The van der Waals surface area contributed by atoms with Crippen LogP contribution in [0.1, 0.15) is 12.2 Å². The molecule has 10 heteroatoms. The summed E-state index contributed by atoms with van der Waals surface area (Å²) in [5.41, 5.74) is 1.64. The molecule has 0 spiro atoms. The van der Waals surface area contributed by atoms with Gasteiger partial charge in [0.1, 0.15) is 11.3 Å². The number of imide groups is 1. The van der Waals surface area contributed by atoms with E-state index >= 15 is 0 Å². The summed E-state index contributed by atoms with van der Waals surface area (Å²) in [4.78, 5) is 41.1. The molecule has 2 aromatic heterocycles. The van der Waals surface area contributed by atoms with Crippen molar-refractivity contribution in [1.29, 1.82) is 0 Å². The average Bonchev–Trinajstić information content (AvgIpc) is 3.21. The van der Waals surface area contributed by atoms with Crippen LogP contribution < -0.4 is 15.1 Å². The Morgan fingerprint density at radius 2 is 1.87 bits per heavy atom. The molecule has 5 rings (SSSR count). The number of amides is 2. The highest BCUT2D eigenvalue weighted by atomic mass is 32.2. The zero-order chi connectivity index (χ0) is 20.5. The Kier molecular flexibility index (Phi) is 4.83. The molecule has 2 amide bonds. The second-order valence-electron chi connectivity index (χ2n) is 6.92. The van der Waals surface area contributed by atoms with Crippen molar-refractivity contribution in [2.24, 2.45) is 0 Å². The summed E-state index contributed by atoms with van der Waals surface area (Å²) in [5.74, 6) is 0.772. The first kappa shape index (κ1) is 18.6. The SMILES string of the molecule is O=C1NC(=O)/C(=C/c2nccc(N3CCCN(c4nc5ccccc5o4)CC3)n2)S1. The number of rotatable bonds is 3. The zero-order valence-electron chi connectivity index (χ0n) is 15.9. The van der Waals surface area contributed by atoms with Gasteiger partial charge in [0.05, 0.1) is 4.91 Å². The Bertz CT molecular complexity index is 1130. The van der Waals surface area contributed by atoms with E-state index in [0.717, 1.165) is 61.3 Å². The fraction of sp³-hybridized carbons (Fsp3) is 0.250. The second-order valence-corrected chi connectivity index (χ2v) is 7.93. The lowest BCUT2D eigenvalue weighted by Crippen LogP contribution is -2.31. The van der Waals surface area contributed by atoms with E-state index in [1.807, 2.05) is 30.3 Å². The van der Waals surface area contributed by atoms with Gasteiger partial charge in [-0.15, -0.1) is 0 Å². The van der Waals surface area contributed by atoms with Crippen LogP contribution in [0.5, 0.6) is 0 Å². The normalized spacial score (nSPS) is 18.9. The van der Waals surface area contributed by atoms with Crippen LogP contribution in [0.4, 0.5) is 16.6 Å². The van der Waals surface area contributed by atoms with E-state index in [2.05, 4.69) is 30.1 Å². The molecular formula is C20H18N6O3S. The number of para-hydroxylation sites is 2. The molecule has 0 bridgehead atoms. The van der Waals surface area contributed by atoms with Crippen molar-refractivity contribution in [3.05, 3.63) is 47.3 Å². The van der Waals surface area contributed by atoms with Gasteiger partial charge in [0, 0.05) is 38.5 Å². The number of benzene rings is 1. The number of carbonyl (C=O) groups excluding carboxylic acids is 2. The minimum Gasteiger partial charge on any atom is -0.423 e. The topological polar surface area (TPSA) is 104 Å². The first-order valence-electron chi connectivity index (χ1n) is 9.59. The number of nitrogens with one attached hydrogen (secondary N) is 1. The van der Waals surface area contributed by atoms with Gasteiger partial charge < -0.3 is 14.2 Å². The van der Waals surface area contributed by atoms with Gasteiger partial charge in [-0.05, 0) is 36.4 Å². The second kappa shape index (κ2) is 7.79. The first-order valence-corrected chi connectivity index (χ1v) is 10.4. The van der Waals surface area contributed by atoms with Gasteiger partial charge in [-0.2, -0.15) is 4.98 Å². The molecule has 1 aromatic carbocycles.